The first-order valence-electron chi connectivity index (χ1n) is 9.42. The van der Waals surface area contributed by atoms with E-state index in [0.717, 1.165) is 37.1 Å². The SMILES string of the molecule is CCC1c2ccsc2CCN1C(=O)CCC1Cc2ccccc2NC1=O. The van der Waals surface area contributed by atoms with Crippen LogP contribution in [-0.2, 0) is 22.4 Å². The van der Waals surface area contributed by atoms with Crippen molar-refractivity contribution in [3.8, 4) is 0 Å². The Bertz CT molecular complexity index is 829. The van der Waals surface area contributed by atoms with E-state index < -0.39 is 0 Å². The Kier molecular flexibility index (Phi) is 4.81. The number of anilines is 1. The van der Waals surface area contributed by atoms with Gasteiger partial charge in [-0.1, -0.05) is 25.1 Å². The lowest BCUT2D eigenvalue weighted by molar-refractivity contribution is -0.134. The van der Waals surface area contributed by atoms with E-state index in [-0.39, 0.29) is 23.8 Å². The van der Waals surface area contributed by atoms with Crippen LogP contribution in [0, 0.1) is 5.92 Å². The molecule has 0 aliphatic carbocycles. The third-order valence-electron chi connectivity index (χ3n) is 5.62. The van der Waals surface area contributed by atoms with Crippen LogP contribution in [0.1, 0.15) is 48.2 Å². The predicted molar refractivity (Wildman–Crippen MR) is 104 cm³/mol. The molecule has 1 aromatic carbocycles. The number of nitrogens with one attached hydrogen (secondary N) is 1. The normalized spacial score (nSPS) is 21.7. The summed E-state index contributed by atoms with van der Waals surface area (Å²) in [4.78, 5) is 28.7. The fraction of sp³-hybridized carbons (Fsp3) is 0.429. The fourth-order valence-electron chi connectivity index (χ4n) is 4.22. The minimum Gasteiger partial charge on any atom is -0.335 e. The molecule has 0 fully saturated rings. The van der Waals surface area contributed by atoms with Crippen molar-refractivity contribution >= 4 is 28.8 Å². The molecule has 136 valence electrons. The second-order valence-electron chi connectivity index (χ2n) is 7.15. The Morgan fingerprint density at radius 3 is 3.00 bits per heavy atom. The Morgan fingerprint density at radius 2 is 2.15 bits per heavy atom. The molecule has 3 heterocycles. The Hall–Kier alpha value is -2.14. The van der Waals surface area contributed by atoms with Crippen LogP contribution in [0.15, 0.2) is 35.7 Å². The molecule has 2 aliphatic rings. The number of nitrogens with zero attached hydrogens (tertiary/aromatic N) is 1. The fourth-order valence-corrected chi connectivity index (χ4v) is 5.15. The van der Waals surface area contributed by atoms with E-state index in [1.165, 1.54) is 10.4 Å². The summed E-state index contributed by atoms with van der Waals surface area (Å²) in [7, 11) is 0. The van der Waals surface area contributed by atoms with Gasteiger partial charge in [-0.2, -0.15) is 0 Å². The average molecular weight is 369 g/mol. The lowest BCUT2D eigenvalue weighted by atomic mass is 9.89. The van der Waals surface area contributed by atoms with Crippen molar-refractivity contribution in [1.29, 1.82) is 0 Å². The second-order valence-corrected chi connectivity index (χ2v) is 8.15. The molecule has 0 saturated carbocycles. The van der Waals surface area contributed by atoms with E-state index in [9.17, 15) is 9.59 Å². The summed E-state index contributed by atoms with van der Waals surface area (Å²) in [6, 6.07) is 10.3. The molecular weight excluding hydrogens is 344 g/mol. The number of rotatable bonds is 4. The van der Waals surface area contributed by atoms with Crippen LogP contribution in [0.2, 0.25) is 0 Å². The van der Waals surface area contributed by atoms with Gasteiger partial charge in [0.2, 0.25) is 11.8 Å². The van der Waals surface area contributed by atoms with Crippen molar-refractivity contribution in [2.75, 3.05) is 11.9 Å². The molecule has 4 rings (SSSR count). The monoisotopic (exact) mass is 368 g/mol. The van der Waals surface area contributed by atoms with Gasteiger partial charge in [-0.05, 0) is 54.3 Å². The lowest BCUT2D eigenvalue weighted by Crippen LogP contribution is -2.40. The average Bonchev–Trinajstić information content (AvgIpc) is 3.14. The first kappa shape index (κ1) is 17.3. The number of benzene rings is 1. The molecule has 1 N–H and O–H groups in total. The second kappa shape index (κ2) is 7.23. The highest BCUT2D eigenvalue weighted by Gasteiger charge is 2.32. The Morgan fingerprint density at radius 1 is 1.31 bits per heavy atom. The van der Waals surface area contributed by atoms with E-state index in [2.05, 4.69) is 29.8 Å². The maximum absolute atomic E-state index is 12.9. The molecule has 0 saturated heterocycles. The van der Waals surface area contributed by atoms with Gasteiger partial charge >= 0.3 is 0 Å². The molecule has 4 nitrogen and oxygen atoms in total. The molecule has 2 amide bonds. The maximum atomic E-state index is 12.9. The van der Waals surface area contributed by atoms with E-state index in [0.29, 0.717) is 12.8 Å². The number of fused-ring (bicyclic) bond motifs is 2. The smallest absolute Gasteiger partial charge is 0.227 e. The number of thiophene rings is 1. The van der Waals surface area contributed by atoms with Crippen molar-refractivity contribution in [3.63, 3.8) is 0 Å². The summed E-state index contributed by atoms with van der Waals surface area (Å²) in [6.45, 7) is 2.94. The molecule has 2 unspecified atom stereocenters. The van der Waals surface area contributed by atoms with E-state index >= 15 is 0 Å². The number of amides is 2. The van der Waals surface area contributed by atoms with Crippen molar-refractivity contribution in [3.05, 3.63) is 51.7 Å². The van der Waals surface area contributed by atoms with Crippen LogP contribution in [-0.4, -0.2) is 23.3 Å². The van der Waals surface area contributed by atoms with Crippen LogP contribution in [0.25, 0.3) is 0 Å². The largest absolute Gasteiger partial charge is 0.335 e. The Labute approximate surface area is 158 Å². The molecule has 5 heteroatoms. The summed E-state index contributed by atoms with van der Waals surface area (Å²) in [5.74, 6) is 0.109. The van der Waals surface area contributed by atoms with Crippen molar-refractivity contribution < 1.29 is 9.59 Å². The van der Waals surface area contributed by atoms with Crippen LogP contribution in [0.5, 0.6) is 0 Å². The van der Waals surface area contributed by atoms with Crippen LogP contribution in [0.4, 0.5) is 5.69 Å². The molecule has 1 aromatic heterocycles. The zero-order valence-corrected chi connectivity index (χ0v) is 15.8. The molecule has 2 aliphatic heterocycles. The van der Waals surface area contributed by atoms with Crippen molar-refractivity contribution in [2.24, 2.45) is 5.92 Å². The first-order chi connectivity index (χ1) is 12.7. The number of para-hydroxylation sites is 1. The highest BCUT2D eigenvalue weighted by atomic mass is 32.1. The summed E-state index contributed by atoms with van der Waals surface area (Å²) >= 11 is 1.80. The number of hydrogen-bond donors (Lipinski definition) is 1. The summed E-state index contributed by atoms with van der Waals surface area (Å²) < 4.78 is 0. The van der Waals surface area contributed by atoms with Gasteiger partial charge in [-0.3, -0.25) is 9.59 Å². The van der Waals surface area contributed by atoms with Gasteiger partial charge in [0.1, 0.15) is 0 Å². The van der Waals surface area contributed by atoms with Gasteiger partial charge < -0.3 is 10.2 Å². The van der Waals surface area contributed by atoms with E-state index in [4.69, 9.17) is 0 Å². The van der Waals surface area contributed by atoms with Crippen LogP contribution >= 0.6 is 11.3 Å². The molecule has 0 spiro atoms. The summed E-state index contributed by atoms with van der Waals surface area (Å²) in [5, 5.41) is 5.11. The molecule has 2 atom stereocenters. The highest BCUT2D eigenvalue weighted by Crippen LogP contribution is 2.36. The van der Waals surface area contributed by atoms with Crippen molar-refractivity contribution in [1.82, 2.24) is 4.90 Å². The van der Waals surface area contributed by atoms with E-state index in [1.54, 1.807) is 11.3 Å². The molecular formula is C21H24N2O2S. The van der Waals surface area contributed by atoms with Crippen LogP contribution < -0.4 is 5.32 Å². The first-order valence-corrected chi connectivity index (χ1v) is 10.3. The summed E-state index contributed by atoms with van der Waals surface area (Å²) in [5.41, 5.74) is 3.39. The van der Waals surface area contributed by atoms with Crippen molar-refractivity contribution in [2.45, 2.75) is 45.1 Å². The molecule has 0 radical (unpaired) electrons. The quantitative estimate of drug-likeness (QED) is 0.880. The molecule has 26 heavy (non-hydrogen) atoms. The molecule has 2 aromatic rings. The zero-order valence-electron chi connectivity index (χ0n) is 15.0. The maximum Gasteiger partial charge on any atom is 0.227 e. The zero-order chi connectivity index (χ0) is 18.1. The lowest BCUT2D eigenvalue weighted by Gasteiger charge is -2.36. The number of carbonyl (C=O) groups is 2. The van der Waals surface area contributed by atoms with Crippen LogP contribution in [0.3, 0.4) is 0 Å². The van der Waals surface area contributed by atoms with Gasteiger partial charge in [0.05, 0.1) is 6.04 Å². The standard InChI is InChI=1S/C21H24N2O2S/c1-2-18-16-10-12-26-19(16)9-11-23(18)20(24)8-7-15-13-14-5-3-4-6-17(14)22-21(15)25/h3-6,10,12,15,18H,2,7-9,11,13H2,1H3,(H,22,25). The minimum atomic E-state index is -0.115. The van der Waals surface area contributed by atoms with Gasteiger partial charge in [0, 0.05) is 29.4 Å². The number of carbonyl (C=O) groups excluding carboxylic acids is 2. The minimum absolute atomic E-state index is 0.0438. The van der Waals surface area contributed by atoms with Gasteiger partial charge in [0.15, 0.2) is 0 Å². The number of hydrogen-bond acceptors (Lipinski definition) is 3. The van der Waals surface area contributed by atoms with E-state index in [1.807, 2.05) is 23.1 Å². The molecule has 0 bridgehead atoms. The highest BCUT2D eigenvalue weighted by molar-refractivity contribution is 7.10. The third kappa shape index (κ3) is 3.16. The predicted octanol–water partition coefficient (Wildman–Crippen LogP) is 4.18. The van der Waals surface area contributed by atoms with Gasteiger partial charge in [-0.15, -0.1) is 11.3 Å². The van der Waals surface area contributed by atoms with Gasteiger partial charge in [-0.25, -0.2) is 0 Å². The topological polar surface area (TPSA) is 49.4 Å². The van der Waals surface area contributed by atoms with Gasteiger partial charge in [0.25, 0.3) is 0 Å². The summed E-state index contributed by atoms with van der Waals surface area (Å²) in [6.07, 6.45) is 3.67. The Balaban J connectivity index is 1.41. The third-order valence-corrected chi connectivity index (χ3v) is 6.62.